The molecule has 0 aliphatic carbocycles. The van der Waals surface area contributed by atoms with Gasteiger partial charge in [-0.3, -0.25) is 9.69 Å². The zero-order valence-electron chi connectivity index (χ0n) is 20.4. The predicted octanol–water partition coefficient (Wildman–Crippen LogP) is 0.352. The lowest BCUT2D eigenvalue weighted by Crippen LogP contribution is -2.57. The molecule has 3 aliphatic rings. The number of amides is 1. The Hall–Kier alpha value is -1.67. The molecule has 10 nitrogen and oxygen atoms in total. The smallest absolute Gasteiger partial charge is 0.243 e. The summed E-state index contributed by atoms with van der Waals surface area (Å²) in [6.45, 7) is 4.67. The number of hydrogen-bond donors (Lipinski definition) is 2. The van der Waals surface area contributed by atoms with Crippen molar-refractivity contribution in [2.24, 2.45) is 0 Å². The summed E-state index contributed by atoms with van der Waals surface area (Å²) in [5, 5.41) is 13.2. The van der Waals surface area contributed by atoms with Crippen LogP contribution in [0.15, 0.2) is 29.2 Å². The van der Waals surface area contributed by atoms with Crippen molar-refractivity contribution in [3.05, 3.63) is 30.1 Å². The highest BCUT2D eigenvalue weighted by atomic mass is 32.2. The van der Waals surface area contributed by atoms with Crippen LogP contribution in [0.3, 0.4) is 0 Å². The number of benzene rings is 1. The highest BCUT2D eigenvalue weighted by molar-refractivity contribution is 7.89. The van der Waals surface area contributed by atoms with Gasteiger partial charge < -0.3 is 24.6 Å². The van der Waals surface area contributed by atoms with Crippen LogP contribution < -0.4 is 5.32 Å². The predicted molar refractivity (Wildman–Crippen MR) is 128 cm³/mol. The quantitative estimate of drug-likeness (QED) is 0.464. The Bertz CT molecular complexity index is 976. The molecule has 3 saturated heterocycles. The van der Waals surface area contributed by atoms with E-state index in [1.807, 2.05) is 0 Å². The van der Waals surface area contributed by atoms with Crippen molar-refractivity contribution in [3.8, 4) is 0 Å². The first-order valence-electron chi connectivity index (χ1n) is 12.6. The summed E-state index contributed by atoms with van der Waals surface area (Å²) < 4.78 is 58.8. The molecule has 0 unspecified atom stereocenters. The van der Waals surface area contributed by atoms with Gasteiger partial charge in [0.1, 0.15) is 5.82 Å². The van der Waals surface area contributed by atoms with Crippen LogP contribution in [-0.4, -0.2) is 112 Å². The van der Waals surface area contributed by atoms with E-state index < -0.39 is 34.1 Å². The van der Waals surface area contributed by atoms with Gasteiger partial charge in [0, 0.05) is 26.2 Å². The van der Waals surface area contributed by atoms with Crippen LogP contribution in [0, 0.1) is 5.82 Å². The van der Waals surface area contributed by atoms with E-state index in [-0.39, 0.29) is 43.1 Å². The summed E-state index contributed by atoms with van der Waals surface area (Å²) in [5.74, 6) is -0.758. The van der Waals surface area contributed by atoms with E-state index in [2.05, 4.69) is 10.2 Å². The Balaban J connectivity index is 1.33. The van der Waals surface area contributed by atoms with Crippen molar-refractivity contribution in [3.63, 3.8) is 0 Å². The van der Waals surface area contributed by atoms with Gasteiger partial charge in [-0.1, -0.05) is 6.07 Å². The molecule has 4 atom stereocenters. The van der Waals surface area contributed by atoms with E-state index in [1.165, 1.54) is 22.5 Å². The van der Waals surface area contributed by atoms with E-state index >= 15 is 0 Å². The number of nitrogens with one attached hydrogen (secondary N) is 1. The van der Waals surface area contributed by atoms with Crippen LogP contribution in [0.1, 0.15) is 25.7 Å². The number of sulfonamides is 1. The van der Waals surface area contributed by atoms with Crippen molar-refractivity contribution in [2.75, 3.05) is 59.2 Å². The van der Waals surface area contributed by atoms with Gasteiger partial charge >= 0.3 is 0 Å². The molecule has 1 aromatic rings. The maximum Gasteiger partial charge on any atom is 0.243 e. The number of β-amino-alcohol motifs (C(OH)–C–C–N with tert-alkyl or cyclic N) is 1. The number of aliphatic hydroxyl groups is 1. The Kier molecular flexibility index (Phi) is 9.67. The molecule has 3 heterocycles. The molecule has 0 bridgehead atoms. The summed E-state index contributed by atoms with van der Waals surface area (Å²) in [6, 6.07) is 4.24. The fraction of sp³-hybridized carbons (Fsp3) is 0.708. The molecule has 0 aromatic heterocycles. The van der Waals surface area contributed by atoms with Crippen molar-refractivity contribution < 1.29 is 36.9 Å². The second-order valence-electron chi connectivity index (χ2n) is 9.53. The lowest BCUT2D eigenvalue weighted by Gasteiger charge is -2.43. The Morgan fingerprint density at radius 2 is 1.97 bits per heavy atom. The molecule has 3 fully saturated rings. The van der Waals surface area contributed by atoms with Gasteiger partial charge in [-0.25, -0.2) is 12.8 Å². The summed E-state index contributed by atoms with van der Waals surface area (Å²) in [4.78, 5) is 14.6. The van der Waals surface area contributed by atoms with Crippen LogP contribution in [-0.2, 0) is 29.0 Å². The lowest BCUT2D eigenvalue weighted by molar-refractivity contribution is -0.146. The first kappa shape index (κ1) is 27.4. The SMILES string of the molecule is O=C(C[C@H]1CC[C@H]2[C@@H](COC[C@@H](O)CN2S(=O)(=O)c2cccc(F)c2)O1)NCCCN1CCOCC1. The number of carbonyl (C=O) groups excluding carboxylic acids is 1. The largest absolute Gasteiger partial charge is 0.389 e. The molecule has 0 saturated carbocycles. The number of morpholine rings is 1. The summed E-state index contributed by atoms with van der Waals surface area (Å²) in [7, 11) is -4.09. The molecular weight excluding hydrogens is 493 g/mol. The molecule has 1 amide bonds. The van der Waals surface area contributed by atoms with E-state index in [0.29, 0.717) is 19.4 Å². The third kappa shape index (κ3) is 7.21. The molecule has 12 heteroatoms. The van der Waals surface area contributed by atoms with Gasteiger partial charge in [0.2, 0.25) is 15.9 Å². The van der Waals surface area contributed by atoms with E-state index in [4.69, 9.17) is 14.2 Å². The topological polar surface area (TPSA) is 118 Å². The average Bonchev–Trinajstić information content (AvgIpc) is 2.85. The van der Waals surface area contributed by atoms with Gasteiger partial charge in [-0.05, 0) is 44.0 Å². The van der Waals surface area contributed by atoms with Crippen molar-refractivity contribution in [1.29, 1.82) is 0 Å². The zero-order valence-corrected chi connectivity index (χ0v) is 21.2. The molecule has 2 N–H and O–H groups in total. The van der Waals surface area contributed by atoms with E-state index in [0.717, 1.165) is 45.3 Å². The van der Waals surface area contributed by atoms with Crippen molar-refractivity contribution in [1.82, 2.24) is 14.5 Å². The number of carbonyl (C=O) groups is 1. The van der Waals surface area contributed by atoms with Gasteiger partial charge in [0.05, 0.1) is 62.1 Å². The summed E-state index contributed by atoms with van der Waals surface area (Å²) in [5.41, 5.74) is 0. The van der Waals surface area contributed by atoms with Crippen LogP contribution in [0.25, 0.3) is 0 Å². The standard InChI is InChI=1S/C24H36FN3O7S/c25-18-3-1-4-21(13-18)36(31,32)28-15-19(29)16-34-17-23-22(28)6-5-20(35-23)14-24(30)26-7-2-8-27-9-11-33-12-10-27/h1,3-4,13,19-20,22-23,29H,2,5-12,14-17H2,(H,26,30)/t19-,20+,22-,23+/m0/s1. The summed E-state index contributed by atoms with van der Waals surface area (Å²) in [6.07, 6.45) is -0.0377. The van der Waals surface area contributed by atoms with Gasteiger partial charge in [-0.2, -0.15) is 4.31 Å². The maximum absolute atomic E-state index is 13.8. The fourth-order valence-electron chi connectivity index (χ4n) is 4.97. The minimum atomic E-state index is -4.09. The Morgan fingerprint density at radius 3 is 2.75 bits per heavy atom. The van der Waals surface area contributed by atoms with Crippen molar-refractivity contribution >= 4 is 15.9 Å². The van der Waals surface area contributed by atoms with Crippen LogP contribution in [0.2, 0.25) is 0 Å². The fourth-order valence-corrected chi connectivity index (χ4v) is 6.72. The van der Waals surface area contributed by atoms with Gasteiger partial charge in [0.15, 0.2) is 0 Å². The van der Waals surface area contributed by atoms with Gasteiger partial charge in [-0.15, -0.1) is 0 Å². The second kappa shape index (κ2) is 12.7. The van der Waals surface area contributed by atoms with Crippen molar-refractivity contribution in [2.45, 2.75) is 54.9 Å². The average molecular weight is 530 g/mol. The zero-order chi connectivity index (χ0) is 25.5. The van der Waals surface area contributed by atoms with Crippen LogP contribution in [0.4, 0.5) is 4.39 Å². The number of fused-ring (bicyclic) bond motifs is 1. The number of rotatable bonds is 8. The summed E-state index contributed by atoms with van der Waals surface area (Å²) >= 11 is 0. The first-order chi connectivity index (χ1) is 17.3. The monoisotopic (exact) mass is 529 g/mol. The first-order valence-corrected chi connectivity index (χ1v) is 14.0. The Labute approximate surface area is 211 Å². The highest BCUT2D eigenvalue weighted by Gasteiger charge is 2.43. The number of halogens is 1. The second-order valence-corrected chi connectivity index (χ2v) is 11.4. The van der Waals surface area contributed by atoms with Crippen LogP contribution in [0.5, 0.6) is 0 Å². The number of nitrogens with zero attached hydrogens (tertiary/aromatic N) is 2. The normalized spacial score (nSPS) is 28.6. The minimum absolute atomic E-state index is 0.0456. The molecule has 1 aromatic carbocycles. The maximum atomic E-state index is 13.8. The van der Waals surface area contributed by atoms with E-state index in [1.54, 1.807) is 0 Å². The number of aliphatic hydroxyl groups excluding tert-OH is 1. The third-order valence-corrected chi connectivity index (χ3v) is 8.71. The lowest BCUT2D eigenvalue weighted by atomic mass is 9.96. The molecule has 3 aliphatic heterocycles. The Morgan fingerprint density at radius 1 is 1.17 bits per heavy atom. The highest BCUT2D eigenvalue weighted by Crippen LogP contribution is 2.31. The molecule has 0 radical (unpaired) electrons. The molecule has 36 heavy (non-hydrogen) atoms. The molecule has 4 rings (SSSR count). The minimum Gasteiger partial charge on any atom is -0.389 e. The third-order valence-electron chi connectivity index (χ3n) is 6.83. The number of hydrogen-bond acceptors (Lipinski definition) is 8. The molecule has 0 spiro atoms. The molecule has 202 valence electrons. The van der Waals surface area contributed by atoms with E-state index in [9.17, 15) is 22.7 Å². The number of ether oxygens (including phenoxy) is 3. The molecular formula is C24H36FN3O7S. The van der Waals surface area contributed by atoms with Gasteiger partial charge in [0.25, 0.3) is 0 Å². The van der Waals surface area contributed by atoms with Crippen LogP contribution >= 0.6 is 0 Å².